The smallest absolute Gasteiger partial charge is 0.306 e. The standard InChI is InChI=1S/C14H21NO2S/c1-4-15-11(2)12-7-5-6-8-13(12)18-10-9-14(16)17-3/h5-8,11,15H,4,9-10H2,1-3H3. The number of hydrogen-bond donors (Lipinski definition) is 1. The molecule has 3 nitrogen and oxygen atoms in total. The molecule has 0 fully saturated rings. The molecule has 0 aliphatic heterocycles. The van der Waals surface area contributed by atoms with Crippen molar-refractivity contribution in [3.05, 3.63) is 29.8 Å². The number of carbonyl (C=O) groups excluding carboxylic acids is 1. The second-order valence-corrected chi connectivity index (χ2v) is 5.13. The Kier molecular flexibility index (Phi) is 6.83. The van der Waals surface area contributed by atoms with Crippen molar-refractivity contribution in [3.8, 4) is 0 Å². The summed E-state index contributed by atoms with van der Waals surface area (Å²) in [7, 11) is 1.42. The van der Waals surface area contributed by atoms with E-state index in [2.05, 4.69) is 36.0 Å². The van der Waals surface area contributed by atoms with Gasteiger partial charge in [-0.3, -0.25) is 4.79 Å². The molecule has 1 aromatic carbocycles. The molecule has 1 unspecified atom stereocenters. The van der Waals surface area contributed by atoms with E-state index >= 15 is 0 Å². The maximum atomic E-state index is 11.1. The van der Waals surface area contributed by atoms with E-state index in [1.165, 1.54) is 17.6 Å². The zero-order valence-electron chi connectivity index (χ0n) is 11.2. The molecule has 0 spiro atoms. The lowest BCUT2D eigenvalue weighted by Gasteiger charge is -2.16. The van der Waals surface area contributed by atoms with Crippen molar-refractivity contribution in [2.75, 3.05) is 19.4 Å². The highest BCUT2D eigenvalue weighted by molar-refractivity contribution is 7.99. The third-order valence-electron chi connectivity index (χ3n) is 2.69. The molecule has 1 aromatic rings. The molecule has 0 amide bonds. The van der Waals surface area contributed by atoms with E-state index in [-0.39, 0.29) is 5.97 Å². The number of nitrogens with one attached hydrogen (secondary N) is 1. The van der Waals surface area contributed by atoms with Gasteiger partial charge in [0, 0.05) is 16.7 Å². The molecular formula is C14H21NO2S. The second kappa shape index (κ2) is 8.16. The van der Waals surface area contributed by atoms with Gasteiger partial charge in [-0.25, -0.2) is 0 Å². The number of thioether (sulfide) groups is 1. The Morgan fingerprint density at radius 2 is 2.17 bits per heavy atom. The highest BCUT2D eigenvalue weighted by Crippen LogP contribution is 2.27. The van der Waals surface area contributed by atoms with Gasteiger partial charge in [0.15, 0.2) is 0 Å². The molecule has 1 rings (SSSR count). The highest BCUT2D eigenvalue weighted by Gasteiger charge is 2.10. The number of ether oxygens (including phenoxy) is 1. The van der Waals surface area contributed by atoms with Crippen LogP contribution >= 0.6 is 11.8 Å². The minimum Gasteiger partial charge on any atom is -0.469 e. The van der Waals surface area contributed by atoms with E-state index in [0.717, 1.165) is 12.3 Å². The Labute approximate surface area is 113 Å². The summed E-state index contributed by atoms with van der Waals surface area (Å²) in [5.74, 6) is 0.599. The number of methoxy groups -OCH3 is 1. The SMILES string of the molecule is CCNC(C)c1ccccc1SCCC(=O)OC. The summed E-state index contributed by atoms with van der Waals surface area (Å²) in [4.78, 5) is 12.3. The molecule has 0 saturated heterocycles. The summed E-state index contributed by atoms with van der Waals surface area (Å²) in [5.41, 5.74) is 1.29. The fraction of sp³-hybridized carbons (Fsp3) is 0.500. The maximum absolute atomic E-state index is 11.1. The molecule has 0 heterocycles. The Bertz CT molecular complexity index is 382. The van der Waals surface area contributed by atoms with E-state index in [9.17, 15) is 4.79 Å². The van der Waals surface area contributed by atoms with Crippen LogP contribution in [-0.4, -0.2) is 25.4 Å². The number of carbonyl (C=O) groups is 1. The summed E-state index contributed by atoms with van der Waals surface area (Å²) in [6.07, 6.45) is 0.449. The fourth-order valence-electron chi connectivity index (χ4n) is 1.73. The summed E-state index contributed by atoms with van der Waals surface area (Å²) >= 11 is 1.70. The zero-order valence-corrected chi connectivity index (χ0v) is 12.0. The van der Waals surface area contributed by atoms with Gasteiger partial charge >= 0.3 is 5.97 Å². The van der Waals surface area contributed by atoms with Crippen LogP contribution < -0.4 is 5.32 Å². The summed E-state index contributed by atoms with van der Waals surface area (Å²) in [6.45, 7) is 5.20. The molecule has 0 radical (unpaired) electrons. The first-order valence-electron chi connectivity index (χ1n) is 6.21. The van der Waals surface area contributed by atoms with E-state index in [4.69, 9.17) is 0 Å². The Morgan fingerprint density at radius 1 is 1.44 bits per heavy atom. The van der Waals surface area contributed by atoms with Crippen LogP contribution in [0.5, 0.6) is 0 Å². The lowest BCUT2D eigenvalue weighted by molar-refractivity contribution is -0.140. The van der Waals surface area contributed by atoms with Gasteiger partial charge in [-0.1, -0.05) is 25.1 Å². The van der Waals surface area contributed by atoms with Crippen LogP contribution in [0.3, 0.4) is 0 Å². The van der Waals surface area contributed by atoms with Crippen LogP contribution in [-0.2, 0) is 9.53 Å². The predicted molar refractivity (Wildman–Crippen MR) is 75.9 cm³/mol. The van der Waals surface area contributed by atoms with Gasteiger partial charge in [0.1, 0.15) is 0 Å². The topological polar surface area (TPSA) is 38.3 Å². The van der Waals surface area contributed by atoms with E-state index in [1.807, 2.05) is 12.1 Å². The molecule has 4 heteroatoms. The van der Waals surface area contributed by atoms with Crippen molar-refractivity contribution >= 4 is 17.7 Å². The van der Waals surface area contributed by atoms with Crippen LogP contribution in [0.25, 0.3) is 0 Å². The number of hydrogen-bond acceptors (Lipinski definition) is 4. The summed E-state index contributed by atoms with van der Waals surface area (Å²) < 4.78 is 4.64. The maximum Gasteiger partial charge on any atom is 0.306 e. The van der Waals surface area contributed by atoms with Crippen LogP contribution in [0.15, 0.2) is 29.2 Å². The average Bonchev–Trinajstić information content (AvgIpc) is 2.39. The van der Waals surface area contributed by atoms with E-state index in [1.54, 1.807) is 11.8 Å². The van der Waals surface area contributed by atoms with Crippen molar-refractivity contribution in [1.82, 2.24) is 5.32 Å². The van der Waals surface area contributed by atoms with Gasteiger partial charge in [0.05, 0.1) is 13.5 Å². The first-order chi connectivity index (χ1) is 8.69. The Morgan fingerprint density at radius 3 is 2.83 bits per heavy atom. The minimum atomic E-state index is -0.153. The molecule has 0 aromatic heterocycles. The first kappa shape index (κ1) is 15.1. The predicted octanol–water partition coefficient (Wildman–Crippen LogP) is 3.01. The molecule has 1 atom stereocenters. The molecule has 0 aliphatic rings. The summed E-state index contributed by atoms with van der Waals surface area (Å²) in [6, 6.07) is 8.64. The highest BCUT2D eigenvalue weighted by atomic mass is 32.2. The normalized spacial score (nSPS) is 12.2. The largest absolute Gasteiger partial charge is 0.469 e. The molecule has 1 N–H and O–H groups in total. The lowest BCUT2D eigenvalue weighted by atomic mass is 10.1. The van der Waals surface area contributed by atoms with Gasteiger partial charge in [0.2, 0.25) is 0 Å². The van der Waals surface area contributed by atoms with Gasteiger partial charge in [0.25, 0.3) is 0 Å². The number of benzene rings is 1. The van der Waals surface area contributed by atoms with Crippen LogP contribution in [0.4, 0.5) is 0 Å². The van der Waals surface area contributed by atoms with Crippen LogP contribution in [0.1, 0.15) is 31.9 Å². The number of rotatable bonds is 7. The molecule has 0 aliphatic carbocycles. The van der Waals surface area contributed by atoms with Gasteiger partial charge in [-0.2, -0.15) is 0 Å². The average molecular weight is 267 g/mol. The Balaban J connectivity index is 2.61. The van der Waals surface area contributed by atoms with Gasteiger partial charge in [-0.15, -0.1) is 11.8 Å². The molecular weight excluding hydrogens is 246 g/mol. The van der Waals surface area contributed by atoms with E-state index in [0.29, 0.717) is 12.5 Å². The van der Waals surface area contributed by atoms with Crippen molar-refractivity contribution in [3.63, 3.8) is 0 Å². The van der Waals surface area contributed by atoms with E-state index < -0.39 is 0 Å². The van der Waals surface area contributed by atoms with Crippen LogP contribution in [0, 0.1) is 0 Å². The van der Waals surface area contributed by atoms with Crippen LogP contribution in [0.2, 0.25) is 0 Å². The van der Waals surface area contributed by atoms with Crippen molar-refractivity contribution < 1.29 is 9.53 Å². The molecule has 18 heavy (non-hydrogen) atoms. The van der Waals surface area contributed by atoms with Gasteiger partial charge in [-0.05, 0) is 25.1 Å². The number of esters is 1. The summed E-state index contributed by atoms with van der Waals surface area (Å²) in [5, 5.41) is 3.41. The molecule has 0 bridgehead atoms. The van der Waals surface area contributed by atoms with Crippen molar-refractivity contribution in [1.29, 1.82) is 0 Å². The Hall–Kier alpha value is -1.00. The third-order valence-corrected chi connectivity index (χ3v) is 3.78. The van der Waals surface area contributed by atoms with Crippen molar-refractivity contribution in [2.24, 2.45) is 0 Å². The quantitative estimate of drug-likeness (QED) is 0.609. The fourth-order valence-corrected chi connectivity index (χ4v) is 2.81. The van der Waals surface area contributed by atoms with Crippen molar-refractivity contribution in [2.45, 2.75) is 31.2 Å². The lowest BCUT2D eigenvalue weighted by Crippen LogP contribution is -2.18. The molecule has 0 saturated carbocycles. The first-order valence-corrected chi connectivity index (χ1v) is 7.19. The third kappa shape index (κ3) is 4.70. The minimum absolute atomic E-state index is 0.153. The van der Waals surface area contributed by atoms with Gasteiger partial charge < -0.3 is 10.1 Å². The molecule has 100 valence electrons. The zero-order chi connectivity index (χ0) is 13.4. The monoisotopic (exact) mass is 267 g/mol. The second-order valence-electron chi connectivity index (χ2n) is 3.99.